The molecule has 8 nitrogen and oxygen atoms in total. The van der Waals surface area contributed by atoms with Crippen LogP contribution in [0.5, 0.6) is 0 Å². The normalized spacial score (nSPS) is 21.3. The maximum atomic E-state index is 14.6. The van der Waals surface area contributed by atoms with Gasteiger partial charge in [-0.2, -0.15) is 18.3 Å². The van der Waals surface area contributed by atoms with Gasteiger partial charge in [-0.1, -0.05) is 12.1 Å². The van der Waals surface area contributed by atoms with Crippen LogP contribution in [-0.4, -0.2) is 65.1 Å². The summed E-state index contributed by atoms with van der Waals surface area (Å²) in [6.45, 7) is 6.51. The van der Waals surface area contributed by atoms with Crippen molar-refractivity contribution < 1.29 is 27.2 Å². The SMILES string of the molecule is CC(=O)NC1CCN(C2=NN3C[C@@H](C)N=C3C(C(=O)N[C@H](C)c3cccc(C(F)(F)F)c3F)=C2)CC1. The lowest BCUT2D eigenvalue weighted by Crippen LogP contribution is -2.48. The summed E-state index contributed by atoms with van der Waals surface area (Å²) >= 11 is 0. The van der Waals surface area contributed by atoms with Crippen molar-refractivity contribution in [2.24, 2.45) is 10.1 Å². The molecule has 0 radical (unpaired) electrons. The number of amidine groups is 2. The summed E-state index contributed by atoms with van der Waals surface area (Å²) < 4.78 is 54.0. The van der Waals surface area contributed by atoms with E-state index in [1.54, 1.807) is 11.1 Å². The molecule has 4 rings (SSSR count). The summed E-state index contributed by atoms with van der Waals surface area (Å²) in [4.78, 5) is 31.1. The fourth-order valence-corrected chi connectivity index (χ4v) is 4.61. The van der Waals surface area contributed by atoms with Gasteiger partial charge in [-0.3, -0.25) is 14.6 Å². The van der Waals surface area contributed by atoms with Gasteiger partial charge in [-0.15, -0.1) is 0 Å². The molecule has 0 bridgehead atoms. The predicted molar refractivity (Wildman–Crippen MR) is 125 cm³/mol. The Kier molecular flexibility index (Phi) is 7.05. The first-order chi connectivity index (χ1) is 16.9. The van der Waals surface area contributed by atoms with Crippen LogP contribution in [0, 0.1) is 5.82 Å². The fourth-order valence-electron chi connectivity index (χ4n) is 4.61. The lowest BCUT2D eigenvalue weighted by molar-refractivity contribution is -0.140. The van der Waals surface area contributed by atoms with Crippen LogP contribution in [0.4, 0.5) is 17.6 Å². The van der Waals surface area contributed by atoms with E-state index in [0.717, 1.165) is 18.9 Å². The first kappa shape index (κ1) is 25.6. The number of rotatable bonds is 4. The number of nitrogens with one attached hydrogen (secondary N) is 2. The number of piperidine rings is 1. The summed E-state index contributed by atoms with van der Waals surface area (Å²) in [5.41, 5.74) is -1.43. The van der Waals surface area contributed by atoms with Crippen molar-refractivity contribution in [2.45, 2.75) is 57.9 Å². The van der Waals surface area contributed by atoms with Crippen LogP contribution in [0.3, 0.4) is 0 Å². The highest BCUT2D eigenvalue weighted by Gasteiger charge is 2.37. The Balaban J connectivity index is 1.54. The van der Waals surface area contributed by atoms with Crippen LogP contribution in [0.15, 0.2) is 39.9 Å². The molecular weight excluding hydrogens is 480 g/mol. The van der Waals surface area contributed by atoms with Crippen LogP contribution in [0.25, 0.3) is 0 Å². The first-order valence-corrected chi connectivity index (χ1v) is 11.8. The van der Waals surface area contributed by atoms with Gasteiger partial charge in [-0.25, -0.2) is 9.40 Å². The maximum absolute atomic E-state index is 14.6. The molecule has 3 aliphatic heterocycles. The Morgan fingerprint density at radius 3 is 2.53 bits per heavy atom. The highest BCUT2D eigenvalue weighted by atomic mass is 19.4. The van der Waals surface area contributed by atoms with Gasteiger partial charge in [0.15, 0.2) is 5.84 Å². The lowest BCUT2D eigenvalue weighted by Gasteiger charge is -2.35. The minimum Gasteiger partial charge on any atom is -0.355 e. The number of likely N-dealkylation sites (tertiary alicyclic amines) is 1. The zero-order chi connectivity index (χ0) is 26.2. The van der Waals surface area contributed by atoms with E-state index in [0.29, 0.717) is 37.4 Å². The van der Waals surface area contributed by atoms with E-state index in [-0.39, 0.29) is 29.1 Å². The number of carbonyl (C=O) groups excluding carboxylic acids is 2. The summed E-state index contributed by atoms with van der Waals surface area (Å²) in [5.74, 6) is -1.15. The number of nitrogens with zero attached hydrogens (tertiary/aromatic N) is 4. The van der Waals surface area contributed by atoms with Gasteiger partial charge in [0.05, 0.1) is 29.8 Å². The van der Waals surface area contributed by atoms with Gasteiger partial charge in [0.1, 0.15) is 11.7 Å². The molecule has 1 fully saturated rings. The first-order valence-electron chi connectivity index (χ1n) is 11.8. The molecule has 0 spiro atoms. The molecule has 194 valence electrons. The van der Waals surface area contributed by atoms with E-state index >= 15 is 0 Å². The molecular formula is C24H28F4N6O2. The average Bonchev–Trinajstić information content (AvgIpc) is 3.17. The standard InChI is InChI=1S/C24H28F4N6O2/c1-13-12-34-22(29-13)18(11-20(32-34)33-9-7-16(8-10-33)31-15(3)35)23(36)30-14(2)17-5-4-6-19(21(17)25)24(26,27)28/h4-6,11,13-14,16H,7-10,12H2,1-3H3,(H,30,36)(H,31,35)/t13-,14-/m1/s1. The summed E-state index contributed by atoms with van der Waals surface area (Å²) in [7, 11) is 0. The highest BCUT2D eigenvalue weighted by Crippen LogP contribution is 2.34. The van der Waals surface area contributed by atoms with Crippen molar-refractivity contribution in [1.82, 2.24) is 20.5 Å². The zero-order valence-corrected chi connectivity index (χ0v) is 20.2. The Hall–Kier alpha value is -3.44. The molecule has 2 amide bonds. The summed E-state index contributed by atoms with van der Waals surface area (Å²) in [6, 6.07) is 1.94. The number of aliphatic imine (C=N–C) groups is 1. The third-order valence-corrected chi connectivity index (χ3v) is 6.38. The predicted octanol–water partition coefficient (Wildman–Crippen LogP) is 2.98. The van der Waals surface area contributed by atoms with Gasteiger partial charge < -0.3 is 15.5 Å². The van der Waals surface area contributed by atoms with E-state index in [2.05, 4.69) is 20.7 Å². The number of fused-ring (bicyclic) bond motifs is 1. The minimum absolute atomic E-state index is 0.0711. The molecule has 1 aromatic carbocycles. The third-order valence-electron chi connectivity index (χ3n) is 6.38. The third kappa shape index (κ3) is 5.36. The molecule has 0 unspecified atom stereocenters. The van der Waals surface area contributed by atoms with Crippen LogP contribution < -0.4 is 10.6 Å². The number of hydrogen-bond acceptors (Lipinski definition) is 6. The quantitative estimate of drug-likeness (QED) is 0.612. The van der Waals surface area contributed by atoms with E-state index in [1.165, 1.54) is 19.9 Å². The number of hydrazone groups is 1. The Morgan fingerprint density at radius 1 is 1.19 bits per heavy atom. The van der Waals surface area contributed by atoms with Gasteiger partial charge in [0.2, 0.25) is 5.91 Å². The van der Waals surface area contributed by atoms with E-state index in [1.807, 2.05) is 11.8 Å². The molecule has 0 aliphatic carbocycles. The van der Waals surface area contributed by atoms with Gasteiger partial charge >= 0.3 is 6.18 Å². The molecule has 1 saturated heterocycles. The highest BCUT2D eigenvalue weighted by molar-refractivity contribution is 6.25. The second-order valence-corrected chi connectivity index (χ2v) is 9.26. The number of benzene rings is 1. The van der Waals surface area contributed by atoms with Crippen molar-refractivity contribution in [1.29, 1.82) is 0 Å². The van der Waals surface area contributed by atoms with Gasteiger partial charge in [0.25, 0.3) is 5.91 Å². The number of carbonyl (C=O) groups is 2. The smallest absolute Gasteiger partial charge is 0.355 e. The average molecular weight is 509 g/mol. The van der Waals surface area contributed by atoms with E-state index in [4.69, 9.17) is 0 Å². The number of hydrogen-bond donors (Lipinski definition) is 2. The van der Waals surface area contributed by atoms with Crippen molar-refractivity contribution >= 4 is 23.5 Å². The van der Waals surface area contributed by atoms with Gasteiger partial charge in [0, 0.05) is 31.6 Å². The van der Waals surface area contributed by atoms with E-state index < -0.39 is 29.5 Å². The molecule has 3 aliphatic rings. The van der Waals surface area contributed by atoms with Crippen LogP contribution >= 0.6 is 0 Å². The second kappa shape index (κ2) is 9.90. The number of amides is 2. The molecule has 3 heterocycles. The maximum Gasteiger partial charge on any atom is 0.419 e. The van der Waals surface area contributed by atoms with Crippen LogP contribution in [0.2, 0.25) is 0 Å². The second-order valence-electron chi connectivity index (χ2n) is 9.26. The van der Waals surface area contributed by atoms with Gasteiger partial charge in [-0.05, 0) is 38.8 Å². The van der Waals surface area contributed by atoms with Crippen molar-refractivity contribution in [2.75, 3.05) is 19.6 Å². The Morgan fingerprint density at radius 2 is 1.89 bits per heavy atom. The Bertz CT molecular complexity index is 1140. The molecule has 2 atom stereocenters. The van der Waals surface area contributed by atoms with Crippen LogP contribution in [0.1, 0.15) is 50.8 Å². The molecule has 0 saturated carbocycles. The summed E-state index contributed by atoms with van der Waals surface area (Å²) in [5, 5.41) is 11.8. The number of alkyl halides is 3. The number of halogens is 4. The van der Waals surface area contributed by atoms with Crippen molar-refractivity contribution in [3.8, 4) is 0 Å². The molecule has 1 aromatic rings. The van der Waals surface area contributed by atoms with Crippen molar-refractivity contribution in [3.05, 3.63) is 46.8 Å². The lowest BCUT2D eigenvalue weighted by atomic mass is 10.0. The monoisotopic (exact) mass is 508 g/mol. The Labute approximate surface area is 206 Å². The largest absolute Gasteiger partial charge is 0.419 e. The molecule has 36 heavy (non-hydrogen) atoms. The zero-order valence-electron chi connectivity index (χ0n) is 20.2. The van der Waals surface area contributed by atoms with Crippen molar-refractivity contribution in [3.63, 3.8) is 0 Å². The summed E-state index contributed by atoms with van der Waals surface area (Å²) in [6.07, 6.45) is -1.80. The molecule has 12 heteroatoms. The van der Waals surface area contributed by atoms with E-state index in [9.17, 15) is 27.2 Å². The fraction of sp³-hybridized carbons (Fsp3) is 0.500. The van der Waals surface area contributed by atoms with Crippen LogP contribution in [-0.2, 0) is 15.8 Å². The minimum atomic E-state index is -4.84. The molecule has 2 N–H and O–H groups in total. The molecule has 0 aromatic heterocycles. The topological polar surface area (TPSA) is 89.4 Å².